The summed E-state index contributed by atoms with van der Waals surface area (Å²) in [6, 6.07) is 3.55. The summed E-state index contributed by atoms with van der Waals surface area (Å²) in [4.78, 5) is 7.75. The number of hydrogen-bond donors (Lipinski definition) is 2. The van der Waals surface area contributed by atoms with Crippen molar-refractivity contribution >= 4 is 41.3 Å². The third-order valence-corrected chi connectivity index (χ3v) is 4.88. The third kappa shape index (κ3) is 5.52. The van der Waals surface area contributed by atoms with Crippen LogP contribution >= 0.6 is 35.3 Å². The Labute approximate surface area is 179 Å². The second kappa shape index (κ2) is 9.33. The standard InChI is InChI=1S/C17H17F5N4S.HI/c1-2-23-16(24-7-14-26-13(8-27-14)17(20,21)22)25-12-6-9(12)15-10(18)4-3-5-11(15)19;/h3-5,8-9,12H,2,6-7H2,1H3,(H2,23,24,25);1H. The first-order valence-electron chi connectivity index (χ1n) is 8.30. The lowest BCUT2D eigenvalue weighted by atomic mass is 10.1. The molecule has 2 aromatic rings. The highest BCUT2D eigenvalue weighted by atomic mass is 127. The number of alkyl halides is 3. The summed E-state index contributed by atoms with van der Waals surface area (Å²) >= 11 is 0.879. The van der Waals surface area contributed by atoms with E-state index < -0.39 is 23.5 Å². The minimum atomic E-state index is -4.48. The van der Waals surface area contributed by atoms with Crippen LogP contribution in [-0.2, 0) is 12.7 Å². The molecule has 4 nitrogen and oxygen atoms in total. The SMILES string of the molecule is CCNC(=NCc1nc(C(F)(F)F)cs1)NC1CC1c1c(F)cccc1F.I. The molecule has 0 radical (unpaired) electrons. The molecule has 28 heavy (non-hydrogen) atoms. The second-order valence-electron chi connectivity index (χ2n) is 6.05. The van der Waals surface area contributed by atoms with E-state index in [1.54, 1.807) is 0 Å². The predicted molar refractivity (Wildman–Crippen MR) is 108 cm³/mol. The molecule has 154 valence electrons. The Morgan fingerprint density at radius 3 is 2.54 bits per heavy atom. The number of nitrogens with one attached hydrogen (secondary N) is 2. The van der Waals surface area contributed by atoms with Crippen molar-refractivity contribution < 1.29 is 22.0 Å². The Morgan fingerprint density at radius 2 is 1.96 bits per heavy atom. The molecule has 2 atom stereocenters. The van der Waals surface area contributed by atoms with E-state index in [-0.39, 0.29) is 53.1 Å². The van der Waals surface area contributed by atoms with E-state index in [0.29, 0.717) is 18.9 Å². The number of nitrogens with zero attached hydrogens (tertiary/aromatic N) is 2. The summed E-state index contributed by atoms with van der Waals surface area (Å²) in [7, 11) is 0. The zero-order valence-electron chi connectivity index (χ0n) is 14.7. The van der Waals surface area contributed by atoms with Crippen LogP contribution in [0.4, 0.5) is 22.0 Å². The van der Waals surface area contributed by atoms with Crippen LogP contribution in [0.25, 0.3) is 0 Å². The molecule has 0 bridgehead atoms. The maximum atomic E-state index is 13.9. The van der Waals surface area contributed by atoms with Gasteiger partial charge in [-0.25, -0.2) is 18.8 Å². The van der Waals surface area contributed by atoms with Gasteiger partial charge in [0, 0.05) is 29.4 Å². The lowest BCUT2D eigenvalue weighted by Gasteiger charge is -2.11. The first-order chi connectivity index (χ1) is 12.8. The van der Waals surface area contributed by atoms with Gasteiger partial charge in [0.1, 0.15) is 16.6 Å². The van der Waals surface area contributed by atoms with Crippen molar-refractivity contribution in [3.63, 3.8) is 0 Å². The first kappa shape index (κ1) is 22.8. The molecule has 1 fully saturated rings. The molecule has 2 unspecified atom stereocenters. The molecule has 0 saturated heterocycles. The molecule has 1 aliphatic carbocycles. The Balaban J connectivity index is 0.00000280. The van der Waals surface area contributed by atoms with Gasteiger partial charge < -0.3 is 10.6 Å². The van der Waals surface area contributed by atoms with Crippen LogP contribution in [0.2, 0.25) is 0 Å². The van der Waals surface area contributed by atoms with Gasteiger partial charge in [-0.2, -0.15) is 13.2 Å². The van der Waals surface area contributed by atoms with Gasteiger partial charge in [0.25, 0.3) is 0 Å². The minimum absolute atomic E-state index is 0. The van der Waals surface area contributed by atoms with Crippen molar-refractivity contribution in [2.45, 2.75) is 38.0 Å². The van der Waals surface area contributed by atoms with Crippen molar-refractivity contribution in [2.24, 2.45) is 4.99 Å². The summed E-state index contributed by atoms with van der Waals surface area (Å²) < 4.78 is 65.5. The van der Waals surface area contributed by atoms with Gasteiger partial charge in [0.05, 0.1) is 6.54 Å². The number of hydrogen-bond acceptors (Lipinski definition) is 3. The van der Waals surface area contributed by atoms with Crippen LogP contribution in [0.15, 0.2) is 28.6 Å². The molecule has 0 aliphatic heterocycles. The van der Waals surface area contributed by atoms with E-state index in [0.717, 1.165) is 16.7 Å². The van der Waals surface area contributed by atoms with Gasteiger partial charge in [-0.3, -0.25) is 0 Å². The van der Waals surface area contributed by atoms with Crippen LogP contribution in [0.1, 0.15) is 35.5 Å². The molecule has 1 heterocycles. The topological polar surface area (TPSA) is 49.3 Å². The molecule has 1 aliphatic rings. The van der Waals surface area contributed by atoms with Gasteiger partial charge in [-0.1, -0.05) is 6.07 Å². The Bertz CT molecular complexity index is 819. The van der Waals surface area contributed by atoms with Crippen molar-refractivity contribution in [1.82, 2.24) is 15.6 Å². The minimum Gasteiger partial charge on any atom is -0.357 e. The number of halogens is 6. The van der Waals surface area contributed by atoms with Gasteiger partial charge >= 0.3 is 6.18 Å². The monoisotopic (exact) mass is 532 g/mol. The average Bonchev–Trinajstić information content (AvgIpc) is 3.14. The van der Waals surface area contributed by atoms with Crippen LogP contribution < -0.4 is 10.6 Å². The number of rotatable bonds is 5. The Kier molecular flexibility index (Phi) is 7.59. The van der Waals surface area contributed by atoms with E-state index in [9.17, 15) is 22.0 Å². The lowest BCUT2D eigenvalue weighted by molar-refractivity contribution is -0.140. The fourth-order valence-electron chi connectivity index (χ4n) is 2.69. The Morgan fingerprint density at radius 1 is 1.29 bits per heavy atom. The van der Waals surface area contributed by atoms with Crippen molar-refractivity contribution in [1.29, 1.82) is 0 Å². The number of aliphatic imine (C=N–C) groups is 1. The number of aromatic nitrogens is 1. The molecule has 0 spiro atoms. The van der Waals surface area contributed by atoms with Crippen molar-refractivity contribution in [2.75, 3.05) is 6.54 Å². The summed E-state index contributed by atoms with van der Waals surface area (Å²) in [5.74, 6) is -1.13. The van der Waals surface area contributed by atoms with E-state index in [2.05, 4.69) is 20.6 Å². The van der Waals surface area contributed by atoms with E-state index in [1.807, 2.05) is 6.92 Å². The van der Waals surface area contributed by atoms with Crippen LogP contribution in [0.3, 0.4) is 0 Å². The van der Waals surface area contributed by atoms with Crippen LogP contribution in [-0.4, -0.2) is 23.5 Å². The maximum absolute atomic E-state index is 13.9. The van der Waals surface area contributed by atoms with E-state index in [1.165, 1.54) is 18.2 Å². The number of benzene rings is 1. The molecule has 2 N–H and O–H groups in total. The smallest absolute Gasteiger partial charge is 0.357 e. The van der Waals surface area contributed by atoms with Gasteiger partial charge in [-0.05, 0) is 25.5 Å². The Hall–Kier alpha value is -1.50. The fourth-order valence-corrected chi connectivity index (χ4v) is 3.42. The second-order valence-corrected chi connectivity index (χ2v) is 6.99. The van der Waals surface area contributed by atoms with E-state index >= 15 is 0 Å². The van der Waals surface area contributed by atoms with E-state index in [4.69, 9.17) is 0 Å². The molecule has 1 aromatic heterocycles. The average molecular weight is 532 g/mol. The van der Waals surface area contributed by atoms with Gasteiger partial charge in [-0.15, -0.1) is 35.3 Å². The van der Waals surface area contributed by atoms with Crippen LogP contribution in [0, 0.1) is 11.6 Å². The van der Waals surface area contributed by atoms with Crippen molar-refractivity contribution in [3.05, 3.63) is 51.5 Å². The highest BCUT2D eigenvalue weighted by molar-refractivity contribution is 14.0. The zero-order chi connectivity index (χ0) is 19.6. The highest BCUT2D eigenvalue weighted by Gasteiger charge is 2.42. The fraction of sp³-hybridized carbons (Fsp3) is 0.412. The predicted octanol–water partition coefficient (Wildman–Crippen LogP) is 4.67. The molecule has 1 saturated carbocycles. The molecule has 0 amide bonds. The zero-order valence-corrected chi connectivity index (χ0v) is 17.8. The summed E-state index contributed by atoms with van der Waals surface area (Å²) in [6.45, 7) is 2.34. The van der Waals surface area contributed by atoms with Crippen LogP contribution in [0.5, 0.6) is 0 Å². The first-order valence-corrected chi connectivity index (χ1v) is 9.18. The van der Waals surface area contributed by atoms with Crippen molar-refractivity contribution in [3.8, 4) is 0 Å². The lowest BCUT2D eigenvalue weighted by Crippen LogP contribution is -2.39. The summed E-state index contributed by atoms with van der Waals surface area (Å²) in [5.41, 5.74) is -0.895. The molecular formula is C17H18F5IN4S. The van der Waals surface area contributed by atoms with Gasteiger partial charge in [0.2, 0.25) is 0 Å². The largest absolute Gasteiger partial charge is 0.434 e. The molecule has 11 heteroatoms. The molecular weight excluding hydrogens is 514 g/mol. The number of thiazole rings is 1. The third-order valence-electron chi connectivity index (χ3n) is 4.04. The maximum Gasteiger partial charge on any atom is 0.434 e. The summed E-state index contributed by atoms with van der Waals surface area (Å²) in [5, 5.41) is 7.21. The molecule has 1 aromatic carbocycles. The summed E-state index contributed by atoms with van der Waals surface area (Å²) in [6.07, 6.45) is -3.94. The molecule has 3 rings (SSSR count). The highest BCUT2D eigenvalue weighted by Crippen LogP contribution is 2.43. The van der Waals surface area contributed by atoms with Gasteiger partial charge in [0.15, 0.2) is 11.7 Å². The quantitative estimate of drug-likeness (QED) is 0.255. The normalized spacial score (nSPS) is 19.1. The number of guanidine groups is 1.